The van der Waals surface area contributed by atoms with E-state index < -0.39 is 0 Å². The van der Waals surface area contributed by atoms with E-state index in [1.54, 1.807) is 7.11 Å². The summed E-state index contributed by atoms with van der Waals surface area (Å²) in [6, 6.07) is 12.6. The Balaban J connectivity index is 2.01. The highest BCUT2D eigenvalue weighted by atomic mass is 16.5. The SMILES string of the molecule is COCC(NCc1ccnn1C)c1ccccc1. The van der Waals surface area contributed by atoms with Gasteiger partial charge < -0.3 is 10.1 Å². The van der Waals surface area contributed by atoms with E-state index in [9.17, 15) is 0 Å². The molecule has 2 aromatic rings. The van der Waals surface area contributed by atoms with Crippen LogP contribution in [0.4, 0.5) is 0 Å². The number of benzene rings is 1. The van der Waals surface area contributed by atoms with Crippen LogP contribution < -0.4 is 5.32 Å². The van der Waals surface area contributed by atoms with Crippen LogP contribution in [0.15, 0.2) is 42.6 Å². The Hall–Kier alpha value is -1.65. The van der Waals surface area contributed by atoms with Crippen molar-refractivity contribution < 1.29 is 4.74 Å². The quantitative estimate of drug-likeness (QED) is 0.845. The lowest BCUT2D eigenvalue weighted by molar-refractivity contribution is 0.166. The first kappa shape index (κ1) is 12.8. The predicted octanol–water partition coefficient (Wildman–Crippen LogP) is 1.90. The van der Waals surface area contributed by atoms with Gasteiger partial charge in [0, 0.05) is 26.9 Å². The average Bonchev–Trinajstić information content (AvgIpc) is 2.81. The fraction of sp³-hybridized carbons (Fsp3) is 0.357. The minimum Gasteiger partial charge on any atom is -0.383 e. The van der Waals surface area contributed by atoms with Gasteiger partial charge in [0.05, 0.1) is 18.3 Å². The molecule has 18 heavy (non-hydrogen) atoms. The highest BCUT2D eigenvalue weighted by Crippen LogP contribution is 2.13. The molecular weight excluding hydrogens is 226 g/mol. The van der Waals surface area contributed by atoms with E-state index in [-0.39, 0.29) is 6.04 Å². The summed E-state index contributed by atoms with van der Waals surface area (Å²) in [5.41, 5.74) is 2.40. The van der Waals surface area contributed by atoms with Crippen molar-refractivity contribution in [1.29, 1.82) is 0 Å². The summed E-state index contributed by atoms with van der Waals surface area (Å²) in [6.07, 6.45) is 1.81. The standard InChI is InChI=1S/C14H19N3O/c1-17-13(8-9-16-17)10-15-14(11-18-2)12-6-4-3-5-7-12/h3-9,14-15H,10-11H2,1-2H3. The van der Waals surface area contributed by atoms with E-state index in [4.69, 9.17) is 4.74 Å². The Kier molecular flexibility index (Phi) is 4.50. The number of nitrogens with zero attached hydrogens (tertiary/aromatic N) is 2. The monoisotopic (exact) mass is 245 g/mol. The van der Waals surface area contributed by atoms with Gasteiger partial charge in [-0.2, -0.15) is 5.10 Å². The molecule has 0 amide bonds. The zero-order chi connectivity index (χ0) is 12.8. The molecule has 0 aliphatic carbocycles. The van der Waals surface area contributed by atoms with E-state index >= 15 is 0 Å². The van der Waals surface area contributed by atoms with Crippen LogP contribution in [0, 0.1) is 0 Å². The first-order valence-corrected chi connectivity index (χ1v) is 6.05. The van der Waals surface area contributed by atoms with E-state index in [1.165, 1.54) is 5.56 Å². The smallest absolute Gasteiger partial charge is 0.0657 e. The molecule has 1 N–H and O–H groups in total. The Labute approximate surface area is 108 Å². The molecule has 1 unspecified atom stereocenters. The second kappa shape index (κ2) is 6.33. The molecule has 96 valence electrons. The average molecular weight is 245 g/mol. The molecule has 1 heterocycles. The number of nitrogens with one attached hydrogen (secondary N) is 1. The van der Waals surface area contributed by atoms with Crippen LogP contribution >= 0.6 is 0 Å². The summed E-state index contributed by atoms with van der Waals surface area (Å²) < 4.78 is 7.15. The van der Waals surface area contributed by atoms with Gasteiger partial charge in [-0.1, -0.05) is 30.3 Å². The first-order chi connectivity index (χ1) is 8.81. The molecule has 0 saturated carbocycles. The third-order valence-electron chi connectivity index (χ3n) is 2.99. The van der Waals surface area contributed by atoms with Crippen molar-refractivity contribution in [1.82, 2.24) is 15.1 Å². The fourth-order valence-electron chi connectivity index (χ4n) is 1.93. The van der Waals surface area contributed by atoms with E-state index in [0.717, 1.165) is 12.2 Å². The molecule has 1 atom stereocenters. The summed E-state index contributed by atoms with van der Waals surface area (Å²) in [5, 5.41) is 7.65. The summed E-state index contributed by atoms with van der Waals surface area (Å²) in [7, 11) is 3.67. The number of methoxy groups -OCH3 is 1. The maximum atomic E-state index is 5.27. The zero-order valence-corrected chi connectivity index (χ0v) is 10.8. The third-order valence-corrected chi connectivity index (χ3v) is 2.99. The molecule has 0 fully saturated rings. The maximum Gasteiger partial charge on any atom is 0.0657 e. The number of ether oxygens (including phenoxy) is 1. The van der Waals surface area contributed by atoms with Gasteiger partial charge in [0.1, 0.15) is 0 Å². The van der Waals surface area contributed by atoms with Gasteiger partial charge in [0.15, 0.2) is 0 Å². The Morgan fingerprint density at radius 2 is 2.06 bits per heavy atom. The van der Waals surface area contributed by atoms with Gasteiger partial charge in [-0.05, 0) is 11.6 Å². The summed E-state index contributed by atoms with van der Waals surface area (Å²) in [4.78, 5) is 0. The molecule has 4 nitrogen and oxygen atoms in total. The van der Waals surface area contributed by atoms with Crippen LogP contribution in [0.2, 0.25) is 0 Å². The van der Waals surface area contributed by atoms with Gasteiger partial charge in [0.2, 0.25) is 0 Å². The van der Waals surface area contributed by atoms with E-state index in [0.29, 0.717) is 6.61 Å². The second-order valence-electron chi connectivity index (χ2n) is 4.25. The minimum atomic E-state index is 0.200. The van der Waals surface area contributed by atoms with Gasteiger partial charge >= 0.3 is 0 Å². The summed E-state index contributed by atoms with van der Waals surface area (Å²) in [5.74, 6) is 0. The molecule has 4 heteroatoms. The molecule has 0 saturated heterocycles. The van der Waals surface area contributed by atoms with Crippen molar-refractivity contribution in [3.05, 3.63) is 53.9 Å². The lowest BCUT2D eigenvalue weighted by atomic mass is 10.1. The summed E-state index contributed by atoms with van der Waals surface area (Å²) in [6.45, 7) is 1.43. The third kappa shape index (κ3) is 3.18. The summed E-state index contributed by atoms with van der Waals surface area (Å²) >= 11 is 0. The molecule has 1 aromatic heterocycles. The van der Waals surface area contributed by atoms with Crippen molar-refractivity contribution in [3.63, 3.8) is 0 Å². The van der Waals surface area contributed by atoms with Crippen molar-refractivity contribution >= 4 is 0 Å². The maximum absolute atomic E-state index is 5.27. The number of aromatic nitrogens is 2. The number of rotatable bonds is 6. The molecule has 0 aliphatic rings. The predicted molar refractivity (Wildman–Crippen MR) is 71.1 cm³/mol. The Morgan fingerprint density at radius 1 is 1.28 bits per heavy atom. The van der Waals surface area contributed by atoms with Crippen LogP contribution in [-0.2, 0) is 18.3 Å². The molecule has 0 bridgehead atoms. The zero-order valence-electron chi connectivity index (χ0n) is 10.8. The highest BCUT2D eigenvalue weighted by Gasteiger charge is 2.10. The van der Waals surface area contributed by atoms with Gasteiger partial charge in [-0.25, -0.2) is 0 Å². The number of aryl methyl sites for hydroxylation is 1. The topological polar surface area (TPSA) is 39.1 Å². The van der Waals surface area contributed by atoms with Crippen molar-refractivity contribution in [2.24, 2.45) is 7.05 Å². The Morgan fingerprint density at radius 3 is 2.67 bits per heavy atom. The molecule has 0 radical (unpaired) electrons. The van der Waals surface area contributed by atoms with Crippen LogP contribution in [0.5, 0.6) is 0 Å². The molecule has 2 rings (SSSR count). The van der Waals surface area contributed by atoms with E-state index in [2.05, 4.69) is 22.5 Å². The Bertz CT molecular complexity index is 467. The fourth-order valence-corrected chi connectivity index (χ4v) is 1.93. The second-order valence-corrected chi connectivity index (χ2v) is 4.25. The molecule has 1 aromatic carbocycles. The van der Waals surface area contributed by atoms with E-state index in [1.807, 2.05) is 42.2 Å². The van der Waals surface area contributed by atoms with Crippen molar-refractivity contribution in [2.45, 2.75) is 12.6 Å². The highest BCUT2D eigenvalue weighted by molar-refractivity contribution is 5.19. The van der Waals surface area contributed by atoms with Crippen LogP contribution in [0.3, 0.4) is 0 Å². The van der Waals surface area contributed by atoms with Gasteiger partial charge in [-0.3, -0.25) is 4.68 Å². The van der Waals surface area contributed by atoms with Crippen LogP contribution in [0.1, 0.15) is 17.3 Å². The number of hydrogen-bond donors (Lipinski definition) is 1. The largest absolute Gasteiger partial charge is 0.383 e. The minimum absolute atomic E-state index is 0.200. The van der Waals surface area contributed by atoms with Gasteiger partial charge in [-0.15, -0.1) is 0 Å². The molecule has 0 spiro atoms. The van der Waals surface area contributed by atoms with Crippen LogP contribution in [0.25, 0.3) is 0 Å². The lowest BCUT2D eigenvalue weighted by Crippen LogP contribution is -2.25. The van der Waals surface area contributed by atoms with Crippen LogP contribution in [-0.4, -0.2) is 23.5 Å². The first-order valence-electron chi connectivity index (χ1n) is 6.05. The van der Waals surface area contributed by atoms with Crippen molar-refractivity contribution in [3.8, 4) is 0 Å². The molecular formula is C14H19N3O. The normalized spacial score (nSPS) is 12.6. The number of hydrogen-bond acceptors (Lipinski definition) is 3. The molecule has 0 aliphatic heterocycles. The van der Waals surface area contributed by atoms with Crippen molar-refractivity contribution in [2.75, 3.05) is 13.7 Å². The van der Waals surface area contributed by atoms with Gasteiger partial charge in [0.25, 0.3) is 0 Å². The lowest BCUT2D eigenvalue weighted by Gasteiger charge is -2.18.